The minimum Gasteiger partial charge on any atom is -0.496 e. The maximum Gasteiger partial charge on any atom is 0.318 e. The highest BCUT2D eigenvalue weighted by atomic mass is 16.5. The third kappa shape index (κ3) is 4.05. The van der Waals surface area contributed by atoms with Crippen LogP contribution < -0.4 is 14.8 Å². The molecule has 0 aromatic heterocycles. The number of likely N-dealkylation sites (tertiary alicyclic amines) is 1. The Balaban J connectivity index is 1.40. The van der Waals surface area contributed by atoms with Crippen molar-refractivity contribution in [1.29, 1.82) is 0 Å². The van der Waals surface area contributed by atoms with Crippen LogP contribution in [0, 0.1) is 5.92 Å². The Kier molecular flexibility index (Phi) is 6.19. The van der Waals surface area contributed by atoms with Gasteiger partial charge in [0.05, 0.1) is 20.3 Å². The standard InChI is InChI=1S/C27H35N3O3/c1-18(19-8-5-4-6-9-19)28-27(31)30-14-7-10-20-17-29-15-13-21-24(32-2)11-12-25(33-3)26(21)23(29)16-22(20)30/h4-6,8-9,11-12,18,20,22-23H,7,10,13-17H2,1-3H3,(H,28,31)/t18-,20+,22-,23-/m1/s1. The second-order valence-corrected chi connectivity index (χ2v) is 9.60. The summed E-state index contributed by atoms with van der Waals surface area (Å²) < 4.78 is 11.5. The van der Waals surface area contributed by atoms with E-state index in [4.69, 9.17) is 9.47 Å². The van der Waals surface area contributed by atoms with Gasteiger partial charge in [-0.15, -0.1) is 0 Å². The lowest BCUT2D eigenvalue weighted by atomic mass is 9.76. The first-order chi connectivity index (χ1) is 16.1. The molecule has 2 fully saturated rings. The van der Waals surface area contributed by atoms with Gasteiger partial charge in [-0.2, -0.15) is 0 Å². The van der Waals surface area contributed by atoms with Gasteiger partial charge in [-0.3, -0.25) is 4.90 Å². The number of urea groups is 1. The van der Waals surface area contributed by atoms with Gasteiger partial charge in [-0.1, -0.05) is 30.3 Å². The molecule has 0 radical (unpaired) electrons. The van der Waals surface area contributed by atoms with Crippen molar-refractivity contribution in [3.8, 4) is 11.5 Å². The molecule has 2 aromatic carbocycles. The van der Waals surface area contributed by atoms with E-state index in [0.29, 0.717) is 5.92 Å². The Bertz CT molecular complexity index is 996. The molecule has 6 nitrogen and oxygen atoms in total. The number of carbonyl (C=O) groups is 1. The van der Waals surface area contributed by atoms with Gasteiger partial charge in [-0.25, -0.2) is 4.79 Å². The van der Waals surface area contributed by atoms with E-state index in [1.54, 1.807) is 14.2 Å². The molecular formula is C27H35N3O3. The van der Waals surface area contributed by atoms with E-state index < -0.39 is 0 Å². The summed E-state index contributed by atoms with van der Waals surface area (Å²) in [5, 5.41) is 3.26. The van der Waals surface area contributed by atoms with Gasteiger partial charge in [0.2, 0.25) is 0 Å². The first kappa shape index (κ1) is 22.1. The van der Waals surface area contributed by atoms with Crippen molar-refractivity contribution in [2.45, 2.75) is 50.7 Å². The highest BCUT2D eigenvalue weighted by molar-refractivity contribution is 5.75. The first-order valence-electron chi connectivity index (χ1n) is 12.2. The van der Waals surface area contributed by atoms with Crippen LogP contribution in [0.3, 0.4) is 0 Å². The molecule has 2 aromatic rings. The highest BCUT2D eigenvalue weighted by Crippen LogP contribution is 2.48. The third-order valence-corrected chi connectivity index (χ3v) is 7.89. The van der Waals surface area contributed by atoms with E-state index in [9.17, 15) is 4.79 Å². The van der Waals surface area contributed by atoms with Crippen LogP contribution in [0.25, 0.3) is 0 Å². The summed E-state index contributed by atoms with van der Waals surface area (Å²) in [5.41, 5.74) is 3.65. The lowest BCUT2D eigenvalue weighted by Gasteiger charge is -2.52. The molecule has 0 bridgehead atoms. The molecule has 3 heterocycles. The number of piperidine rings is 2. The van der Waals surface area contributed by atoms with Crippen LogP contribution in [0.2, 0.25) is 0 Å². The van der Waals surface area contributed by atoms with E-state index in [2.05, 4.69) is 34.2 Å². The maximum atomic E-state index is 13.4. The Hall–Kier alpha value is -2.73. The number of nitrogens with one attached hydrogen (secondary N) is 1. The van der Waals surface area contributed by atoms with Crippen molar-refractivity contribution in [2.75, 3.05) is 33.9 Å². The van der Waals surface area contributed by atoms with Crippen LogP contribution >= 0.6 is 0 Å². The van der Waals surface area contributed by atoms with Crippen molar-refractivity contribution in [3.05, 3.63) is 59.2 Å². The Morgan fingerprint density at radius 1 is 1.06 bits per heavy atom. The molecule has 0 spiro atoms. The molecule has 2 amide bonds. The zero-order valence-corrected chi connectivity index (χ0v) is 19.9. The number of carbonyl (C=O) groups excluding carboxylic acids is 1. The topological polar surface area (TPSA) is 54.0 Å². The first-order valence-corrected chi connectivity index (χ1v) is 12.2. The molecule has 6 heteroatoms. The van der Waals surface area contributed by atoms with Crippen LogP contribution in [0.5, 0.6) is 11.5 Å². The monoisotopic (exact) mass is 449 g/mol. The molecule has 33 heavy (non-hydrogen) atoms. The molecule has 3 aliphatic rings. The smallest absolute Gasteiger partial charge is 0.318 e. The van der Waals surface area contributed by atoms with Gasteiger partial charge in [0.25, 0.3) is 0 Å². The SMILES string of the molecule is COc1ccc(OC)c2c1CCN1C[C@@H]3CCCN(C(=O)N[C@H](C)c4ccccc4)[C@@H]3C[C@H]21. The van der Waals surface area contributed by atoms with E-state index in [0.717, 1.165) is 56.0 Å². The summed E-state index contributed by atoms with van der Waals surface area (Å²) in [6, 6.07) is 14.8. The molecule has 176 valence electrons. The normalized spacial score (nSPS) is 25.3. The molecule has 2 saturated heterocycles. The van der Waals surface area contributed by atoms with Crippen molar-refractivity contribution in [1.82, 2.24) is 15.1 Å². The number of nitrogens with zero attached hydrogens (tertiary/aromatic N) is 2. The minimum atomic E-state index is -0.0149. The van der Waals surface area contributed by atoms with E-state index in [-0.39, 0.29) is 24.2 Å². The van der Waals surface area contributed by atoms with Crippen LogP contribution in [-0.4, -0.2) is 55.7 Å². The Labute approximate surface area is 196 Å². The van der Waals surface area contributed by atoms with Gasteiger partial charge < -0.3 is 19.7 Å². The van der Waals surface area contributed by atoms with E-state index >= 15 is 0 Å². The number of hydrogen-bond donors (Lipinski definition) is 1. The van der Waals surface area contributed by atoms with Crippen LogP contribution in [0.4, 0.5) is 4.79 Å². The largest absolute Gasteiger partial charge is 0.496 e. The van der Waals surface area contributed by atoms with Gasteiger partial charge >= 0.3 is 6.03 Å². The Morgan fingerprint density at radius 3 is 2.58 bits per heavy atom. The summed E-state index contributed by atoms with van der Waals surface area (Å²) in [5.74, 6) is 2.40. The molecule has 0 unspecified atom stereocenters. The number of methoxy groups -OCH3 is 2. The third-order valence-electron chi connectivity index (χ3n) is 7.89. The summed E-state index contributed by atoms with van der Waals surface area (Å²) in [7, 11) is 3.49. The van der Waals surface area contributed by atoms with Gasteiger partial charge in [0.15, 0.2) is 0 Å². The molecule has 1 N–H and O–H groups in total. The summed E-state index contributed by atoms with van der Waals surface area (Å²) >= 11 is 0. The molecular weight excluding hydrogens is 414 g/mol. The van der Waals surface area contributed by atoms with Gasteiger partial charge in [0, 0.05) is 42.8 Å². The molecule has 5 rings (SSSR count). The number of fused-ring (bicyclic) bond motifs is 4. The average Bonchev–Trinajstić information content (AvgIpc) is 2.86. The fourth-order valence-corrected chi connectivity index (χ4v) is 6.24. The van der Waals surface area contributed by atoms with E-state index in [1.165, 1.54) is 17.5 Å². The number of rotatable bonds is 4. The zero-order chi connectivity index (χ0) is 22.9. The van der Waals surface area contributed by atoms with Crippen LogP contribution in [-0.2, 0) is 6.42 Å². The number of ether oxygens (including phenoxy) is 2. The van der Waals surface area contributed by atoms with E-state index in [1.807, 2.05) is 30.3 Å². The van der Waals surface area contributed by atoms with Gasteiger partial charge in [-0.05, 0) is 56.2 Å². The predicted octanol–water partition coefficient (Wildman–Crippen LogP) is 4.56. The quantitative estimate of drug-likeness (QED) is 0.744. The minimum absolute atomic E-state index is 0.0149. The average molecular weight is 450 g/mol. The Morgan fingerprint density at radius 2 is 1.82 bits per heavy atom. The lowest BCUT2D eigenvalue weighted by molar-refractivity contribution is 0.00433. The predicted molar refractivity (Wildman–Crippen MR) is 129 cm³/mol. The number of amides is 2. The fraction of sp³-hybridized carbons (Fsp3) is 0.519. The van der Waals surface area contributed by atoms with Crippen molar-refractivity contribution < 1.29 is 14.3 Å². The molecule has 3 aliphatic heterocycles. The number of benzene rings is 2. The fourth-order valence-electron chi connectivity index (χ4n) is 6.24. The van der Waals surface area contributed by atoms with Crippen molar-refractivity contribution >= 4 is 6.03 Å². The lowest BCUT2D eigenvalue weighted by Crippen LogP contribution is -2.59. The summed E-state index contributed by atoms with van der Waals surface area (Å²) in [6.45, 7) is 4.95. The molecule has 4 atom stereocenters. The molecule has 0 saturated carbocycles. The van der Waals surface area contributed by atoms with Crippen molar-refractivity contribution in [2.24, 2.45) is 5.92 Å². The maximum absolute atomic E-state index is 13.4. The van der Waals surface area contributed by atoms with Crippen molar-refractivity contribution in [3.63, 3.8) is 0 Å². The second kappa shape index (κ2) is 9.26. The second-order valence-electron chi connectivity index (χ2n) is 9.60. The highest BCUT2D eigenvalue weighted by Gasteiger charge is 2.45. The summed E-state index contributed by atoms with van der Waals surface area (Å²) in [4.78, 5) is 18.1. The van der Waals surface area contributed by atoms with Crippen LogP contribution in [0.1, 0.15) is 55.0 Å². The summed E-state index contributed by atoms with van der Waals surface area (Å²) in [6.07, 6.45) is 4.17. The van der Waals surface area contributed by atoms with Gasteiger partial charge in [0.1, 0.15) is 11.5 Å². The number of hydrogen-bond acceptors (Lipinski definition) is 4. The molecule has 0 aliphatic carbocycles. The zero-order valence-electron chi connectivity index (χ0n) is 19.9. The van der Waals surface area contributed by atoms with Crippen LogP contribution in [0.15, 0.2) is 42.5 Å².